The van der Waals surface area contributed by atoms with Crippen LogP contribution in [0.15, 0.2) is 63.8 Å². The predicted molar refractivity (Wildman–Crippen MR) is 109 cm³/mol. The number of carbonyl (C=O) groups excluding carboxylic acids is 1. The molecule has 0 bridgehead atoms. The summed E-state index contributed by atoms with van der Waals surface area (Å²) < 4.78 is 5.92. The van der Waals surface area contributed by atoms with Crippen LogP contribution in [0.3, 0.4) is 0 Å². The molecule has 0 aliphatic carbocycles. The minimum absolute atomic E-state index is 0.100. The van der Waals surface area contributed by atoms with E-state index >= 15 is 0 Å². The molecule has 2 aromatic heterocycles. The fourth-order valence-electron chi connectivity index (χ4n) is 3.63. The van der Waals surface area contributed by atoms with E-state index < -0.39 is 6.04 Å². The van der Waals surface area contributed by atoms with Gasteiger partial charge < -0.3 is 4.42 Å². The standard InChI is InChI=1S/C22H16N2O3S/c1-12-13(2)28-22(23-12)24-18(14-8-4-3-5-9-14)17-19(25)15-10-6-7-11-16(15)27-20(17)21(24)26/h3-11,18H,1-2H3/t18-/m1/s1. The largest absolute Gasteiger partial charge is 0.450 e. The van der Waals surface area contributed by atoms with Gasteiger partial charge in [-0.05, 0) is 31.5 Å². The molecule has 6 heteroatoms. The Bertz CT molecular complexity index is 1270. The second-order valence-corrected chi connectivity index (χ2v) is 7.98. The van der Waals surface area contributed by atoms with Gasteiger partial charge in [-0.3, -0.25) is 14.5 Å². The van der Waals surface area contributed by atoms with E-state index in [1.54, 1.807) is 29.2 Å². The molecule has 0 N–H and O–H groups in total. The summed E-state index contributed by atoms with van der Waals surface area (Å²) in [6.07, 6.45) is 0. The highest BCUT2D eigenvalue weighted by Crippen LogP contribution is 2.42. The number of para-hydroxylation sites is 1. The van der Waals surface area contributed by atoms with Crippen LogP contribution in [-0.2, 0) is 0 Å². The number of thiazole rings is 1. The second-order valence-electron chi connectivity index (χ2n) is 6.80. The van der Waals surface area contributed by atoms with Gasteiger partial charge in [0.1, 0.15) is 5.58 Å². The van der Waals surface area contributed by atoms with E-state index in [0.29, 0.717) is 21.7 Å². The molecule has 1 aliphatic heterocycles. The van der Waals surface area contributed by atoms with Crippen molar-refractivity contribution in [1.82, 2.24) is 4.98 Å². The quantitative estimate of drug-likeness (QED) is 0.503. The normalized spacial score (nSPS) is 16.0. The number of hydrogen-bond acceptors (Lipinski definition) is 5. The van der Waals surface area contributed by atoms with Gasteiger partial charge in [0.2, 0.25) is 5.76 Å². The Morgan fingerprint density at radius 3 is 2.43 bits per heavy atom. The molecule has 5 nitrogen and oxygen atoms in total. The molecule has 0 spiro atoms. The molecule has 0 saturated heterocycles. The van der Waals surface area contributed by atoms with Crippen molar-refractivity contribution in [3.05, 3.63) is 92.3 Å². The highest BCUT2D eigenvalue weighted by atomic mass is 32.1. The molecule has 0 radical (unpaired) electrons. The van der Waals surface area contributed by atoms with Crippen LogP contribution in [0.25, 0.3) is 11.0 Å². The van der Waals surface area contributed by atoms with Crippen LogP contribution in [0.5, 0.6) is 0 Å². The zero-order chi connectivity index (χ0) is 19.4. The Hall–Kier alpha value is -3.25. The van der Waals surface area contributed by atoms with Gasteiger partial charge in [0, 0.05) is 4.88 Å². The maximum atomic E-state index is 13.4. The number of aromatic nitrogens is 1. The lowest BCUT2D eigenvalue weighted by Crippen LogP contribution is -2.29. The van der Waals surface area contributed by atoms with Gasteiger partial charge in [0.25, 0.3) is 5.91 Å². The first-order chi connectivity index (χ1) is 13.6. The van der Waals surface area contributed by atoms with Crippen LogP contribution in [-0.4, -0.2) is 10.9 Å². The van der Waals surface area contributed by atoms with E-state index in [9.17, 15) is 9.59 Å². The number of anilines is 1. The number of amides is 1. The lowest BCUT2D eigenvalue weighted by molar-refractivity contribution is 0.0971. The van der Waals surface area contributed by atoms with Crippen LogP contribution >= 0.6 is 11.3 Å². The summed E-state index contributed by atoms with van der Waals surface area (Å²) in [4.78, 5) is 33.9. The SMILES string of the molecule is Cc1nc(N2C(=O)c3oc4ccccc4c(=O)c3[C@H]2c2ccccc2)sc1C. The van der Waals surface area contributed by atoms with Crippen molar-refractivity contribution in [3.8, 4) is 0 Å². The number of benzene rings is 2. The van der Waals surface area contributed by atoms with E-state index in [1.807, 2.05) is 44.2 Å². The average molecular weight is 388 g/mol. The van der Waals surface area contributed by atoms with Gasteiger partial charge >= 0.3 is 0 Å². The highest BCUT2D eigenvalue weighted by Gasteiger charge is 2.44. The molecular weight excluding hydrogens is 372 g/mol. The monoisotopic (exact) mass is 388 g/mol. The zero-order valence-electron chi connectivity index (χ0n) is 15.3. The van der Waals surface area contributed by atoms with Crippen LogP contribution in [0.2, 0.25) is 0 Å². The molecule has 0 unspecified atom stereocenters. The number of nitrogens with zero attached hydrogens (tertiary/aromatic N) is 2. The molecule has 0 fully saturated rings. The van der Waals surface area contributed by atoms with Gasteiger partial charge in [-0.25, -0.2) is 4.98 Å². The molecule has 28 heavy (non-hydrogen) atoms. The average Bonchev–Trinajstić information content (AvgIpc) is 3.19. The number of carbonyl (C=O) groups is 1. The maximum Gasteiger partial charge on any atom is 0.297 e. The predicted octanol–water partition coefficient (Wildman–Crippen LogP) is 4.62. The lowest BCUT2D eigenvalue weighted by Gasteiger charge is -2.22. The molecule has 2 aromatic carbocycles. The minimum Gasteiger partial charge on any atom is -0.450 e. The zero-order valence-corrected chi connectivity index (χ0v) is 16.1. The number of aryl methyl sites for hydroxylation is 2. The van der Waals surface area contributed by atoms with Crippen molar-refractivity contribution in [2.45, 2.75) is 19.9 Å². The second kappa shape index (κ2) is 6.14. The highest BCUT2D eigenvalue weighted by molar-refractivity contribution is 7.15. The summed E-state index contributed by atoms with van der Waals surface area (Å²) in [5.74, 6) is -0.233. The first-order valence-corrected chi connectivity index (χ1v) is 9.76. The van der Waals surface area contributed by atoms with Gasteiger partial charge in [0.15, 0.2) is 10.6 Å². The Morgan fingerprint density at radius 2 is 1.71 bits per heavy atom. The van der Waals surface area contributed by atoms with Crippen molar-refractivity contribution >= 4 is 33.3 Å². The lowest BCUT2D eigenvalue weighted by atomic mass is 9.99. The Balaban J connectivity index is 1.83. The Labute approximate surface area is 164 Å². The molecule has 138 valence electrons. The fourth-order valence-corrected chi connectivity index (χ4v) is 4.56. The van der Waals surface area contributed by atoms with Crippen molar-refractivity contribution < 1.29 is 9.21 Å². The van der Waals surface area contributed by atoms with Crippen LogP contribution < -0.4 is 10.3 Å². The van der Waals surface area contributed by atoms with Crippen molar-refractivity contribution in [2.75, 3.05) is 4.90 Å². The molecule has 1 atom stereocenters. The summed E-state index contributed by atoms with van der Waals surface area (Å²) in [7, 11) is 0. The van der Waals surface area contributed by atoms with Crippen LogP contribution in [0, 0.1) is 13.8 Å². The molecule has 3 heterocycles. The van der Waals surface area contributed by atoms with Crippen LogP contribution in [0.1, 0.15) is 38.3 Å². The summed E-state index contributed by atoms with van der Waals surface area (Å²) in [5, 5.41) is 1.05. The van der Waals surface area contributed by atoms with E-state index in [1.165, 1.54) is 11.3 Å². The Morgan fingerprint density at radius 1 is 1.00 bits per heavy atom. The number of hydrogen-bond donors (Lipinski definition) is 0. The first-order valence-electron chi connectivity index (χ1n) is 8.94. The maximum absolute atomic E-state index is 13.4. The molecule has 1 aliphatic rings. The van der Waals surface area contributed by atoms with E-state index in [4.69, 9.17) is 4.42 Å². The van der Waals surface area contributed by atoms with E-state index in [2.05, 4.69) is 4.98 Å². The summed E-state index contributed by atoms with van der Waals surface area (Å²) >= 11 is 1.44. The number of fused-ring (bicyclic) bond motifs is 2. The van der Waals surface area contributed by atoms with Gasteiger partial charge in [0.05, 0.1) is 22.7 Å². The third-order valence-corrected chi connectivity index (χ3v) is 6.19. The van der Waals surface area contributed by atoms with Gasteiger partial charge in [-0.15, -0.1) is 11.3 Å². The molecule has 5 rings (SSSR count). The summed E-state index contributed by atoms with van der Waals surface area (Å²) in [6.45, 7) is 3.89. The van der Waals surface area contributed by atoms with E-state index in [0.717, 1.165) is 16.1 Å². The molecular formula is C22H16N2O3S. The van der Waals surface area contributed by atoms with Crippen molar-refractivity contribution in [1.29, 1.82) is 0 Å². The van der Waals surface area contributed by atoms with Crippen molar-refractivity contribution in [2.24, 2.45) is 0 Å². The van der Waals surface area contributed by atoms with Crippen LogP contribution in [0.4, 0.5) is 5.13 Å². The molecule has 4 aromatic rings. The fraction of sp³-hybridized carbons (Fsp3) is 0.136. The smallest absolute Gasteiger partial charge is 0.297 e. The first kappa shape index (κ1) is 16.9. The topological polar surface area (TPSA) is 63.4 Å². The van der Waals surface area contributed by atoms with Gasteiger partial charge in [-0.2, -0.15) is 0 Å². The third-order valence-electron chi connectivity index (χ3n) is 5.12. The Kier molecular flexibility index (Phi) is 3.70. The molecule has 0 saturated carbocycles. The summed E-state index contributed by atoms with van der Waals surface area (Å²) in [6, 6.07) is 16.0. The molecule has 1 amide bonds. The van der Waals surface area contributed by atoms with Crippen molar-refractivity contribution in [3.63, 3.8) is 0 Å². The minimum atomic E-state index is -0.561. The van der Waals surface area contributed by atoms with Gasteiger partial charge in [-0.1, -0.05) is 42.5 Å². The summed E-state index contributed by atoms with van der Waals surface area (Å²) in [5.41, 5.74) is 2.34. The number of rotatable bonds is 2. The third kappa shape index (κ3) is 2.34. The van der Waals surface area contributed by atoms with E-state index in [-0.39, 0.29) is 17.1 Å².